The molecule has 1 amide bonds. The number of amides is 1. The standard InChI is InChI=1S/C11H24N2O4S/c1-6-7-8-9-18(15,16)13(5)12-10(14)17-11(2,3)4/h6-9H2,1-5H3,(H,12,14). The highest BCUT2D eigenvalue weighted by Gasteiger charge is 2.22. The first-order valence-corrected chi connectivity index (χ1v) is 7.65. The molecule has 0 aliphatic rings. The molecule has 18 heavy (non-hydrogen) atoms. The smallest absolute Gasteiger partial charge is 0.423 e. The predicted octanol–water partition coefficient (Wildman–Crippen LogP) is 1.88. The molecule has 0 unspecified atom stereocenters. The lowest BCUT2D eigenvalue weighted by Crippen LogP contribution is -2.46. The van der Waals surface area contributed by atoms with Crippen molar-refractivity contribution < 1.29 is 17.9 Å². The Morgan fingerprint density at radius 1 is 1.28 bits per heavy atom. The number of hydrogen-bond acceptors (Lipinski definition) is 4. The van der Waals surface area contributed by atoms with E-state index in [1.165, 1.54) is 7.05 Å². The summed E-state index contributed by atoms with van der Waals surface area (Å²) in [6.07, 6.45) is 1.60. The number of sulfonamides is 1. The van der Waals surface area contributed by atoms with Crippen LogP contribution in [0, 0.1) is 0 Å². The molecule has 6 nitrogen and oxygen atoms in total. The summed E-state index contributed by atoms with van der Waals surface area (Å²) in [6.45, 7) is 7.13. The maximum atomic E-state index is 11.8. The number of hydrogen-bond donors (Lipinski definition) is 1. The van der Waals surface area contributed by atoms with Crippen LogP contribution in [-0.4, -0.2) is 37.3 Å². The fourth-order valence-corrected chi connectivity index (χ4v) is 2.23. The van der Waals surface area contributed by atoms with Crippen LogP contribution in [0.15, 0.2) is 0 Å². The van der Waals surface area contributed by atoms with E-state index in [1.807, 2.05) is 6.92 Å². The molecular formula is C11H24N2O4S. The van der Waals surface area contributed by atoms with Crippen molar-refractivity contribution in [1.29, 1.82) is 0 Å². The van der Waals surface area contributed by atoms with Gasteiger partial charge in [0.25, 0.3) is 0 Å². The Kier molecular flexibility index (Phi) is 6.62. The Morgan fingerprint density at radius 2 is 1.83 bits per heavy atom. The minimum absolute atomic E-state index is 0.0210. The van der Waals surface area contributed by atoms with Crippen LogP contribution in [0.25, 0.3) is 0 Å². The maximum Gasteiger partial charge on any atom is 0.423 e. The minimum atomic E-state index is -3.46. The first kappa shape index (κ1) is 17.2. The second-order valence-electron chi connectivity index (χ2n) is 5.10. The van der Waals surface area contributed by atoms with Crippen LogP contribution in [0.1, 0.15) is 47.0 Å². The summed E-state index contributed by atoms with van der Waals surface area (Å²) in [6, 6.07) is 0. The van der Waals surface area contributed by atoms with Crippen LogP contribution in [0.5, 0.6) is 0 Å². The largest absolute Gasteiger partial charge is 0.443 e. The quantitative estimate of drug-likeness (QED) is 0.595. The number of carbonyl (C=O) groups is 1. The van der Waals surface area contributed by atoms with Crippen molar-refractivity contribution in [2.24, 2.45) is 0 Å². The fraction of sp³-hybridized carbons (Fsp3) is 0.909. The van der Waals surface area contributed by atoms with Crippen molar-refractivity contribution in [3.05, 3.63) is 0 Å². The van der Waals surface area contributed by atoms with E-state index in [2.05, 4.69) is 5.43 Å². The fourth-order valence-electron chi connectivity index (χ4n) is 1.17. The Bertz CT molecular complexity index is 360. The van der Waals surface area contributed by atoms with Gasteiger partial charge in [-0.2, -0.15) is 0 Å². The summed E-state index contributed by atoms with van der Waals surface area (Å²) in [5.41, 5.74) is 1.53. The van der Waals surface area contributed by atoms with E-state index in [1.54, 1.807) is 20.8 Å². The molecule has 0 aromatic carbocycles. The lowest BCUT2D eigenvalue weighted by Gasteiger charge is -2.23. The number of rotatable bonds is 6. The Morgan fingerprint density at radius 3 is 2.28 bits per heavy atom. The van der Waals surface area contributed by atoms with Crippen LogP contribution in [0.3, 0.4) is 0 Å². The Labute approximate surface area is 110 Å². The second kappa shape index (κ2) is 6.94. The molecule has 0 aliphatic carbocycles. The molecule has 0 fully saturated rings. The van der Waals surface area contributed by atoms with Gasteiger partial charge in [0.05, 0.1) is 5.75 Å². The molecule has 0 saturated carbocycles. The summed E-state index contributed by atoms with van der Waals surface area (Å²) in [5.74, 6) is 0.0210. The lowest BCUT2D eigenvalue weighted by molar-refractivity contribution is 0.0444. The van der Waals surface area contributed by atoms with Crippen LogP contribution in [0.2, 0.25) is 0 Å². The SMILES string of the molecule is CCCCCS(=O)(=O)N(C)NC(=O)OC(C)(C)C. The highest BCUT2D eigenvalue weighted by molar-refractivity contribution is 7.89. The summed E-state index contributed by atoms with van der Waals surface area (Å²) in [4.78, 5) is 11.4. The zero-order valence-electron chi connectivity index (χ0n) is 11.8. The van der Waals surface area contributed by atoms with E-state index in [0.29, 0.717) is 6.42 Å². The van der Waals surface area contributed by atoms with Crippen LogP contribution in [0.4, 0.5) is 4.79 Å². The minimum Gasteiger partial charge on any atom is -0.443 e. The molecule has 0 aliphatic heterocycles. The number of nitrogens with zero attached hydrogens (tertiary/aromatic N) is 1. The lowest BCUT2D eigenvalue weighted by atomic mass is 10.2. The van der Waals surface area contributed by atoms with Gasteiger partial charge in [0.1, 0.15) is 5.60 Å². The van der Waals surface area contributed by atoms with Gasteiger partial charge >= 0.3 is 6.09 Å². The summed E-state index contributed by atoms with van der Waals surface area (Å²) in [5, 5.41) is 0. The van der Waals surface area contributed by atoms with Gasteiger partial charge in [-0.25, -0.2) is 18.6 Å². The summed E-state index contributed by atoms with van der Waals surface area (Å²) in [7, 11) is -2.16. The van der Waals surface area contributed by atoms with Crippen molar-refractivity contribution in [1.82, 2.24) is 9.84 Å². The first-order valence-electron chi connectivity index (χ1n) is 6.04. The van der Waals surface area contributed by atoms with Crippen molar-refractivity contribution in [3.8, 4) is 0 Å². The Hall–Kier alpha value is -0.820. The average molecular weight is 280 g/mol. The normalized spacial score (nSPS) is 12.6. The molecule has 0 aromatic heterocycles. The van der Waals surface area contributed by atoms with Crippen LogP contribution < -0.4 is 5.43 Å². The predicted molar refractivity (Wildman–Crippen MR) is 70.4 cm³/mol. The molecule has 0 bridgehead atoms. The third-order valence-corrected chi connectivity index (χ3v) is 3.80. The number of hydrazine groups is 1. The average Bonchev–Trinajstić information content (AvgIpc) is 2.14. The molecule has 0 radical (unpaired) electrons. The molecule has 7 heteroatoms. The van der Waals surface area contributed by atoms with Crippen LogP contribution >= 0.6 is 0 Å². The summed E-state index contributed by atoms with van der Waals surface area (Å²) >= 11 is 0. The molecule has 0 aromatic rings. The van der Waals surface area contributed by atoms with Gasteiger partial charge < -0.3 is 4.74 Å². The molecule has 0 spiro atoms. The van der Waals surface area contributed by atoms with E-state index in [9.17, 15) is 13.2 Å². The topological polar surface area (TPSA) is 75.7 Å². The second-order valence-corrected chi connectivity index (χ2v) is 7.22. The van der Waals surface area contributed by atoms with Gasteiger partial charge in [-0.05, 0) is 27.2 Å². The molecule has 0 saturated heterocycles. The molecule has 0 atom stereocenters. The summed E-state index contributed by atoms with van der Waals surface area (Å²) < 4.78 is 29.3. The van der Waals surface area contributed by atoms with Gasteiger partial charge in [-0.3, -0.25) is 0 Å². The molecule has 108 valence electrons. The van der Waals surface area contributed by atoms with E-state index >= 15 is 0 Å². The number of unbranched alkanes of at least 4 members (excludes halogenated alkanes) is 2. The zero-order valence-corrected chi connectivity index (χ0v) is 12.6. The van der Waals surface area contributed by atoms with Gasteiger partial charge in [0, 0.05) is 7.05 Å². The van der Waals surface area contributed by atoms with Gasteiger partial charge in [0.15, 0.2) is 0 Å². The van der Waals surface area contributed by atoms with Gasteiger partial charge in [-0.15, -0.1) is 4.41 Å². The maximum absolute atomic E-state index is 11.8. The third-order valence-electron chi connectivity index (χ3n) is 2.07. The highest BCUT2D eigenvalue weighted by Crippen LogP contribution is 2.07. The van der Waals surface area contributed by atoms with E-state index in [-0.39, 0.29) is 5.75 Å². The van der Waals surface area contributed by atoms with Crippen molar-refractivity contribution in [2.45, 2.75) is 52.6 Å². The number of nitrogens with one attached hydrogen (secondary N) is 1. The molecule has 0 rings (SSSR count). The van der Waals surface area contributed by atoms with E-state index in [0.717, 1.165) is 17.3 Å². The van der Waals surface area contributed by atoms with E-state index < -0.39 is 21.7 Å². The monoisotopic (exact) mass is 280 g/mol. The van der Waals surface area contributed by atoms with Gasteiger partial charge in [-0.1, -0.05) is 19.8 Å². The van der Waals surface area contributed by atoms with Crippen molar-refractivity contribution in [2.75, 3.05) is 12.8 Å². The molecule has 0 heterocycles. The van der Waals surface area contributed by atoms with Gasteiger partial charge in [0.2, 0.25) is 10.0 Å². The molecule has 1 N–H and O–H groups in total. The van der Waals surface area contributed by atoms with Crippen molar-refractivity contribution in [3.63, 3.8) is 0 Å². The van der Waals surface area contributed by atoms with E-state index in [4.69, 9.17) is 4.74 Å². The number of ether oxygens (including phenoxy) is 1. The number of carbonyl (C=O) groups excluding carboxylic acids is 1. The molecular weight excluding hydrogens is 256 g/mol. The zero-order chi connectivity index (χ0) is 14.4. The van der Waals surface area contributed by atoms with Crippen molar-refractivity contribution >= 4 is 16.1 Å². The first-order chi connectivity index (χ1) is 8.08. The Balaban J connectivity index is 4.30. The third kappa shape index (κ3) is 7.50. The highest BCUT2D eigenvalue weighted by atomic mass is 32.2. The van der Waals surface area contributed by atoms with Crippen LogP contribution in [-0.2, 0) is 14.8 Å².